The van der Waals surface area contributed by atoms with E-state index in [0.717, 1.165) is 22.0 Å². The van der Waals surface area contributed by atoms with Crippen LogP contribution in [0, 0.1) is 9.49 Å². The van der Waals surface area contributed by atoms with Crippen LogP contribution >= 0.6 is 34.2 Å². The molecule has 0 heterocycles. The van der Waals surface area contributed by atoms with E-state index in [1.165, 1.54) is 0 Å². The van der Waals surface area contributed by atoms with Crippen LogP contribution in [0.3, 0.4) is 0 Å². The summed E-state index contributed by atoms with van der Waals surface area (Å²) in [6.45, 7) is 0. The van der Waals surface area contributed by atoms with Gasteiger partial charge in [0.2, 0.25) is 0 Å². The van der Waals surface area contributed by atoms with Crippen molar-refractivity contribution in [2.24, 2.45) is 5.92 Å². The van der Waals surface area contributed by atoms with Gasteiger partial charge in [-0.1, -0.05) is 17.7 Å². The molecule has 0 amide bonds. The first-order chi connectivity index (χ1) is 7.09. The number of carboxylic acid groups (broad SMARTS) is 1. The van der Waals surface area contributed by atoms with Crippen molar-refractivity contribution in [3.63, 3.8) is 0 Å². The van der Waals surface area contributed by atoms with Gasteiger partial charge in [0.25, 0.3) is 0 Å². The lowest BCUT2D eigenvalue weighted by molar-refractivity contribution is -0.139. The molecule has 0 aromatic heterocycles. The Labute approximate surface area is 107 Å². The quantitative estimate of drug-likeness (QED) is 0.858. The maximum atomic E-state index is 11.1. The molecule has 2 rings (SSSR count). The van der Waals surface area contributed by atoms with Gasteiger partial charge >= 0.3 is 5.97 Å². The summed E-state index contributed by atoms with van der Waals surface area (Å²) >= 11 is 8.12. The number of hydrogen-bond acceptors (Lipinski definition) is 1. The van der Waals surface area contributed by atoms with E-state index in [0.29, 0.717) is 10.9 Å². The van der Waals surface area contributed by atoms with Crippen molar-refractivity contribution in [3.05, 3.63) is 32.4 Å². The SMILES string of the molecule is O=C(O)C(c1ccc(I)c(Cl)c1)C1CC1. The Morgan fingerprint density at radius 2 is 2.20 bits per heavy atom. The van der Waals surface area contributed by atoms with Gasteiger partial charge in [0.15, 0.2) is 0 Å². The molecule has 0 radical (unpaired) electrons. The highest BCUT2D eigenvalue weighted by atomic mass is 127. The van der Waals surface area contributed by atoms with Crippen molar-refractivity contribution in [1.82, 2.24) is 0 Å². The van der Waals surface area contributed by atoms with Crippen LogP contribution in [0.25, 0.3) is 0 Å². The molecule has 1 aromatic rings. The second kappa shape index (κ2) is 4.29. The number of rotatable bonds is 3. The number of carboxylic acids is 1. The normalized spacial score (nSPS) is 17.5. The second-order valence-electron chi connectivity index (χ2n) is 3.83. The zero-order valence-electron chi connectivity index (χ0n) is 7.91. The monoisotopic (exact) mass is 336 g/mol. The fourth-order valence-corrected chi connectivity index (χ4v) is 2.28. The molecule has 4 heteroatoms. The van der Waals surface area contributed by atoms with Gasteiger partial charge < -0.3 is 5.11 Å². The van der Waals surface area contributed by atoms with E-state index in [1.807, 2.05) is 12.1 Å². The lowest BCUT2D eigenvalue weighted by atomic mass is 9.94. The maximum absolute atomic E-state index is 11.1. The smallest absolute Gasteiger partial charge is 0.311 e. The second-order valence-corrected chi connectivity index (χ2v) is 5.40. The molecule has 0 bridgehead atoms. The van der Waals surface area contributed by atoms with Crippen LogP contribution in [0.15, 0.2) is 18.2 Å². The molecule has 2 nitrogen and oxygen atoms in total. The van der Waals surface area contributed by atoms with Gasteiger partial charge in [-0.25, -0.2) is 0 Å². The average molecular weight is 337 g/mol. The molecule has 0 saturated heterocycles. The van der Waals surface area contributed by atoms with Crippen molar-refractivity contribution in [1.29, 1.82) is 0 Å². The first-order valence-corrected chi connectivity index (χ1v) is 6.23. The third kappa shape index (κ3) is 2.45. The van der Waals surface area contributed by atoms with E-state index in [-0.39, 0.29) is 5.92 Å². The molecule has 1 unspecified atom stereocenters. The van der Waals surface area contributed by atoms with Gasteiger partial charge in [0, 0.05) is 3.57 Å². The molecule has 15 heavy (non-hydrogen) atoms. The molecule has 1 atom stereocenters. The van der Waals surface area contributed by atoms with E-state index in [1.54, 1.807) is 6.07 Å². The minimum Gasteiger partial charge on any atom is -0.481 e. The number of hydrogen-bond donors (Lipinski definition) is 1. The first-order valence-electron chi connectivity index (χ1n) is 4.77. The van der Waals surface area contributed by atoms with Crippen LogP contribution in [0.4, 0.5) is 0 Å². The number of halogens is 2. The van der Waals surface area contributed by atoms with E-state index >= 15 is 0 Å². The van der Waals surface area contributed by atoms with Gasteiger partial charge in [-0.05, 0) is 59.0 Å². The summed E-state index contributed by atoms with van der Waals surface area (Å²) in [7, 11) is 0. The Bertz CT molecular complexity index is 402. The molecule has 1 saturated carbocycles. The zero-order valence-corrected chi connectivity index (χ0v) is 10.8. The topological polar surface area (TPSA) is 37.3 Å². The van der Waals surface area contributed by atoms with Gasteiger partial charge in [-0.3, -0.25) is 4.79 Å². The summed E-state index contributed by atoms with van der Waals surface area (Å²) < 4.78 is 0.956. The summed E-state index contributed by atoms with van der Waals surface area (Å²) in [5.41, 5.74) is 0.829. The fraction of sp³-hybridized carbons (Fsp3) is 0.364. The Balaban J connectivity index is 2.33. The summed E-state index contributed by atoms with van der Waals surface area (Å²) in [4.78, 5) is 11.1. The van der Waals surface area contributed by atoms with E-state index in [9.17, 15) is 4.79 Å². The highest BCUT2D eigenvalue weighted by Gasteiger charge is 2.37. The summed E-state index contributed by atoms with van der Waals surface area (Å²) in [6.07, 6.45) is 2.03. The largest absolute Gasteiger partial charge is 0.481 e. The van der Waals surface area contributed by atoms with Crippen molar-refractivity contribution < 1.29 is 9.90 Å². The first kappa shape index (κ1) is 11.2. The number of aliphatic carboxylic acids is 1. The highest BCUT2D eigenvalue weighted by Crippen LogP contribution is 2.43. The summed E-state index contributed by atoms with van der Waals surface area (Å²) in [6, 6.07) is 5.52. The van der Waals surface area contributed by atoms with E-state index < -0.39 is 5.97 Å². The van der Waals surface area contributed by atoms with Crippen molar-refractivity contribution in [3.8, 4) is 0 Å². The van der Waals surface area contributed by atoms with Gasteiger partial charge in [-0.15, -0.1) is 0 Å². The molecule has 1 aromatic carbocycles. The van der Waals surface area contributed by atoms with Crippen LogP contribution < -0.4 is 0 Å². The molecular formula is C11H10ClIO2. The Morgan fingerprint density at radius 3 is 2.67 bits per heavy atom. The van der Waals surface area contributed by atoms with Crippen molar-refractivity contribution in [2.75, 3.05) is 0 Å². The zero-order chi connectivity index (χ0) is 11.0. The molecule has 1 fully saturated rings. The molecule has 1 aliphatic rings. The van der Waals surface area contributed by atoms with Crippen LogP contribution in [0.1, 0.15) is 24.3 Å². The standard InChI is InChI=1S/C11H10ClIO2/c12-8-5-7(3-4-9(8)13)10(11(14)15)6-1-2-6/h3-6,10H,1-2H2,(H,14,15). The third-order valence-corrected chi connectivity index (χ3v) is 4.23. The molecule has 1 aliphatic carbocycles. The number of carbonyl (C=O) groups is 1. The van der Waals surface area contributed by atoms with Crippen LogP contribution in [0.2, 0.25) is 5.02 Å². The minimum atomic E-state index is -0.741. The maximum Gasteiger partial charge on any atom is 0.311 e. The molecule has 1 N–H and O–H groups in total. The van der Waals surface area contributed by atoms with Gasteiger partial charge in [-0.2, -0.15) is 0 Å². The molecule has 80 valence electrons. The van der Waals surface area contributed by atoms with E-state index in [4.69, 9.17) is 16.7 Å². The Kier molecular flexibility index (Phi) is 3.21. The summed E-state index contributed by atoms with van der Waals surface area (Å²) in [5, 5.41) is 9.79. The molecule has 0 spiro atoms. The molecule has 0 aliphatic heterocycles. The lowest BCUT2D eigenvalue weighted by Crippen LogP contribution is -2.13. The Morgan fingerprint density at radius 1 is 1.53 bits per heavy atom. The van der Waals surface area contributed by atoms with Gasteiger partial charge in [0.1, 0.15) is 0 Å². The van der Waals surface area contributed by atoms with Crippen molar-refractivity contribution in [2.45, 2.75) is 18.8 Å². The summed E-state index contributed by atoms with van der Waals surface area (Å²) in [5.74, 6) is -0.812. The predicted octanol–water partition coefficient (Wildman–Crippen LogP) is 3.52. The molecular weight excluding hydrogens is 326 g/mol. The fourth-order valence-electron chi connectivity index (χ4n) is 1.75. The average Bonchev–Trinajstić information content (AvgIpc) is 2.95. The lowest BCUT2D eigenvalue weighted by Gasteiger charge is -2.12. The minimum absolute atomic E-state index is 0.304. The van der Waals surface area contributed by atoms with Crippen LogP contribution in [0.5, 0.6) is 0 Å². The Hall–Kier alpha value is -0.290. The van der Waals surface area contributed by atoms with E-state index in [2.05, 4.69) is 22.6 Å². The van der Waals surface area contributed by atoms with Crippen molar-refractivity contribution >= 4 is 40.2 Å². The van der Waals surface area contributed by atoms with Crippen LogP contribution in [-0.4, -0.2) is 11.1 Å². The third-order valence-electron chi connectivity index (χ3n) is 2.66. The highest BCUT2D eigenvalue weighted by molar-refractivity contribution is 14.1. The predicted molar refractivity (Wildman–Crippen MR) is 67.3 cm³/mol. The van der Waals surface area contributed by atoms with Crippen LogP contribution in [-0.2, 0) is 4.79 Å². The number of benzene rings is 1. The van der Waals surface area contributed by atoms with Gasteiger partial charge in [0.05, 0.1) is 10.9 Å².